The fourth-order valence-corrected chi connectivity index (χ4v) is 3.49. The van der Waals surface area contributed by atoms with Gasteiger partial charge in [-0.3, -0.25) is 9.59 Å². The number of ether oxygens (including phenoxy) is 3. The molecule has 1 atom stereocenters. The van der Waals surface area contributed by atoms with Crippen molar-refractivity contribution in [1.82, 2.24) is 15.1 Å². The number of rotatable bonds is 7. The Hall–Kier alpha value is -3.33. The van der Waals surface area contributed by atoms with Crippen LogP contribution in [0.5, 0.6) is 17.2 Å². The van der Waals surface area contributed by atoms with Crippen molar-refractivity contribution in [2.45, 2.75) is 19.6 Å². The molecule has 1 aromatic carbocycles. The zero-order valence-corrected chi connectivity index (χ0v) is 16.5. The third kappa shape index (κ3) is 4.40. The minimum Gasteiger partial charge on any atom is -0.481 e. The molecule has 3 aromatic rings. The maximum Gasteiger partial charge on any atom is 0.266 e. The smallest absolute Gasteiger partial charge is 0.266 e. The molecule has 29 heavy (non-hydrogen) atoms. The first-order chi connectivity index (χ1) is 14.1. The van der Waals surface area contributed by atoms with E-state index in [4.69, 9.17) is 14.2 Å². The first-order valence-electron chi connectivity index (χ1n) is 9.06. The number of nitrogens with zero attached hydrogens (tertiary/aromatic N) is 2. The normalized spacial score (nSPS) is 13.1. The van der Waals surface area contributed by atoms with Crippen LogP contribution >= 0.6 is 11.3 Å². The minimum absolute atomic E-state index is 0.177. The number of hydrogen-bond donors (Lipinski definition) is 1. The van der Waals surface area contributed by atoms with Gasteiger partial charge in [-0.25, -0.2) is 4.68 Å². The Bertz CT molecular complexity index is 1060. The van der Waals surface area contributed by atoms with Gasteiger partial charge in [0, 0.05) is 18.7 Å². The van der Waals surface area contributed by atoms with Crippen LogP contribution in [0.25, 0.3) is 10.6 Å². The monoisotopic (exact) mass is 413 g/mol. The van der Waals surface area contributed by atoms with Crippen LogP contribution in [0.15, 0.2) is 52.6 Å². The van der Waals surface area contributed by atoms with E-state index >= 15 is 0 Å². The molecule has 4 rings (SSSR count). The molecule has 1 aliphatic heterocycles. The summed E-state index contributed by atoms with van der Waals surface area (Å²) in [6, 6.07) is 12.2. The third-order valence-corrected chi connectivity index (χ3v) is 5.18. The van der Waals surface area contributed by atoms with Gasteiger partial charge in [0.05, 0.1) is 11.4 Å². The summed E-state index contributed by atoms with van der Waals surface area (Å²) in [4.78, 5) is 25.3. The molecule has 3 heterocycles. The fourth-order valence-electron chi connectivity index (χ4n) is 2.80. The third-order valence-electron chi connectivity index (χ3n) is 4.29. The second-order valence-electron chi connectivity index (χ2n) is 6.32. The molecule has 9 heteroatoms. The lowest BCUT2D eigenvalue weighted by Gasteiger charge is -2.15. The van der Waals surface area contributed by atoms with E-state index in [0.29, 0.717) is 17.2 Å². The van der Waals surface area contributed by atoms with Gasteiger partial charge in [0.2, 0.25) is 6.79 Å². The second-order valence-corrected chi connectivity index (χ2v) is 7.27. The molecule has 0 saturated carbocycles. The Morgan fingerprint density at radius 2 is 2.14 bits per heavy atom. The zero-order chi connectivity index (χ0) is 20.2. The van der Waals surface area contributed by atoms with E-state index in [1.807, 2.05) is 17.5 Å². The highest BCUT2D eigenvalue weighted by Crippen LogP contribution is 2.35. The first kappa shape index (κ1) is 19.0. The van der Waals surface area contributed by atoms with Gasteiger partial charge in [-0.2, -0.15) is 5.10 Å². The summed E-state index contributed by atoms with van der Waals surface area (Å²) in [6.07, 6.45) is -0.711. The fraction of sp³-hybridized carbons (Fsp3) is 0.250. The predicted molar refractivity (Wildman–Crippen MR) is 107 cm³/mol. The van der Waals surface area contributed by atoms with Crippen molar-refractivity contribution in [1.29, 1.82) is 0 Å². The summed E-state index contributed by atoms with van der Waals surface area (Å²) < 4.78 is 17.6. The number of thiophene rings is 1. The summed E-state index contributed by atoms with van der Waals surface area (Å²) in [6.45, 7) is 2.35. The maximum absolute atomic E-state index is 12.3. The van der Waals surface area contributed by atoms with Crippen LogP contribution in [-0.4, -0.2) is 35.1 Å². The van der Waals surface area contributed by atoms with Crippen molar-refractivity contribution in [2.24, 2.45) is 0 Å². The molecule has 0 fully saturated rings. The Morgan fingerprint density at radius 1 is 1.28 bits per heavy atom. The molecule has 0 spiro atoms. The van der Waals surface area contributed by atoms with Crippen LogP contribution in [0.1, 0.15) is 6.92 Å². The van der Waals surface area contributed by atoms with E-state index in [2.05, 4.69) is 10.4 Å². The molecule has 1 unspecified atom stereocenters. The molecule has 150 valence electrons. The van der Waals surface area contributed by atoms with E-state index in [-0.39, 0.29) is 31.3 Å². The minimum atomic E-state index is -0.711. The molecular formula is C20H19N3O5S. The molecule has 0 radical (unpaired) electrons. The lowest BCUT2D eigenvalue weighted by atomic mass is 10.3. The number of nitrogens with one attached hydrogen (secondary N) is 1. The summed E-state index contributed by atoms with van der Waals surface area (Å²) in [5.41, 5.74) is 0.509. The molecule has 1 N–H and O–H groups in total. The van der Waals surface area contributed by atoms with Crippen molar-refractivity contribution in [3.05, 3.63) is 58.2 Å². The lowest BCUT2D eigenvalue weighted by Crippen LogP contribution is -2.39. The topological polar surface area (TPSA) is 91.7 Å². The quantitative estimate of drug-likeness (QED) is 0.639. The number of carbonyl (C=O) groups is 1. The van der Waals surface area contributed by atoms with Crippen molar-refractivity contribution < 1.29 is 19.0 Å². The molecule has 1 amide bonds. The van der Waals surface area contributed by atoms with Crippen LogP contribution in [0.3, 0.4) is 0 Å². The predicted octanol–water partition coefficient (Wildman–Crippen LogP) is 2.28. The van der Waals surface area contributed by atoms with Gasteiger partial charge in [-0.05, 0) is 36.6 Å². The summed E-state index contributed by atoms with van der Waals surface area (Å²) in [5, 5.41) is 9.08. The standard InChI is InChI=1S/C20H19N3O5S/c1-13(28-14-4-6-16-17(11-14)27-12-26-16)20(25)21-8-9-23-19(24)7-5-15(22-23)18-3-2-10-29-18/h2-7,10-11,13H,8-9,12H2,1H3,(H,21,25). The summed E-state index contributed by atoms with van der Waals surface area (Å²) >= 11 is 1.55. The highest BCUT2D eigenvalue weighted by Gasteiger charge is 2.18. The number of fused-ring (bicyclic) bond motifs is 1. The van der Waals surface area contributed by atoms with Crippen molar-refractivity contribution in [2.75, 3.05) is 13.3 Å². The molecule has 0 bridgehead atoms. The molecule has 8 nitrogen and oxygen atoms in total. The Kier molecular flexibility index (Phi) is 5.48. The van der Waals surface area contributed by atoms with Gasteiger partial charge in [0.15, 0.2) is 17.6 Å². The SMILES string of the molecule is CC(Oc1ccc2c(c1)OCO2)C(=O)NCCn1nc(-c2cccs2)ccc1=O. The highest BCUT2D eigenvalue weighted by molar-refractivity contribution is 7.13. The van der Waals surface area contributed by atoms with Gasteiger partial charge in [0.1, 0.15) is 11.4 Å². The van der Waals surface area contributed by atoms with Crippen LogP contribution in [0, 0.1) is 0 Å². The second kappa shape index (κ2) is 8.36. The largest absolute Gasteiger partial charge is 0.481 e. The highest BCUT2D eigenvalue weighted by atomic mass is 32.1. The number of amides is 1. The van der Waals surface area contributed by atoms with Crippen LogP contribution < -0.4 is 25.1 Å². The number of aromatic nitrogens is 2. The summed E-state index contributed by atoms with van der Waals surface area (Å²) in [5.74, 6) is 1.46. The van der Waals surface area contributed by atoms with E-state index in [1.165, 1.54) is 10.7 Å². The number of benzene rings is 1. The van der Waals surface area contributed by atoms with Gasteiger partial charge >= 0.3 is 0 Å². The van der Waals surface area contributed by atoms with Gasteiger partial charge in [-0.1, -0.05) is 6.07 Å². The van der Waals surface area contributed by atoms with E-state index in [9.17, 15) is 9.59 Å². The first-order valence-corrected chi connectivity index (χ1v) is 9.94. The van der Waals surface area contributed by atoms with E-state index in [0.717, 1.165) is 10.6 Å². The van der Waals surface area contributed by atoms with E-state index in [1.54, 1.807) is 42.5 Å². The Labute approximate surface area is 170 Å². The van der Waals surface area contributed by atoms with Crippen LogP contribution in [-0.2, 0) is 11.3 Å². The van der Waals surface area contributed by atoms with Crippen LogP contribution in [0.4, 0.5) is 0 Å². The lowest BCUT2D eigenvalue weighted by molar-refractivity contribution is -0.127. The average molecular weight is 413 g/mol. The summed E-state index contributed by atoms with van der Waals surface area (Å²) in [7, 11) is 0. The van der Waals surface area contributed by atoms with Gasteiger partial charge < -0.3 is 19.5 Å². The van der Waals surface area contributed by atoms with Crippen molar-refractivity contribution in [3.8, 4) is 27.8 Å². The van der Waals surface area contributed by atoms with Gasteiger partial charge in [0.25, 0.3) is 11.5 Å². The van der Waals surface area contributed by atoms with E-state index < -0.39 is 6.10 Å². The number of hydrogen-bond acceptors (Lipinski definition) is 7. The molecule has 1 aliphatic rings. The molecule has 2 aromatic heterocycles. The molecular weight excluding hydrogens is 394 g/mol. The maximum atomic E-state index is 12.3. The number of carbonyl (C=O) groups excluding carboxylic acids is 1. The zero-order valence-electron chi connectivity index (χ0n) is 15.7. The van der Waals surface area contributed by atoms with Crippen molar-refractivity contribution in [3.63, 3.8) is 0 Å². The Morgan fingerprint density at radius 3 is 2.97 bits per heavy atom. The van der Waals surface area contributed by atoms with Gasteiger partial charge in [-0.15, -0.1) is 11.3 Å². The van der Waals surface area contributed by atoms with Crippen LogP contribution in [0.2, 0.25) is 0 Å². The molecule has 0 saturated heterocycles. The van der Waals surface area contributed by atoms with Crippen molar-refractivity contribution >= 4 is 17.2 Å². The average Bonchev–Trinajstić information content (AvgIpc) is 3.40. The molecule has 0 aliphatic carbocycles. The Balaban J connectivity index is 1.32.